The molecular formula is C55H78O18Si. The first-order valence-corrected chi connectivity index (χ1v) is 27.6. The Morgan fingerprint density at radius 3 is 0.838 bits per heavy atom. The molecule has 3 N–H and O–H groups in total. The van der Waals surface area contributed by atoms with Gasteiger partial charge in [-0.3, -0.25) is 28.8 Å². The van der Waals surface area contributed by atoms with Crippen LogP contribution in [0.15, 0.2) is 72.8 Å². The van der Waals surface area contributed by atoms with E-state index in [1.54, 1.807) is 72.8 Å². The predicted molar refractivity (Wildman–Crippen MR) is 275 cm³/mol. The van der Waals surface area contributed by atoms with Gasteiger partial charge in [0.1, 0.15) is 73.7 Å². The summed E-state index contributed by atoms with van der Waals surface area (Å²) in [6.45, 7) is 12.1. The highest BCUT2D eigenvalue weighted by Crippen LogP contribution is 2.21. The van der Waals surface area contributed by atoms with Crippen molar-refractivity contribution in [2.24, 2.45) is 0 Å². The molecule has 19 heteroatoms. The summed E-state index contributed by atoms with van der Waals surface area (Å²) in [5.74, 6) is -0.729. The van der Waals surface area contributed by atoms with Gasteiger partial charge in [0.2, 0.25) is 0 Å². The van der Waals surface area contributed by atoms with Crippen LogP contribution in [0, 0.1) is 0 Å². The molecule has 410 valence electrons. The fourth-order valence-electron chi connectivity index (χ4n) is 6.87. The van der Waals surface area contributed by atoms with Gasteiger partial charge in [0, 0.05) is 62.3 Å². The van der Waals surface area contributed by atoms with Gasteiger partial charge in [-0.05, 0) is 153 Å². The lowest BCUT2D eigenvalue weighted by Gasteiger charge is -2.26. The average Bonchev–Trinajstić information content (AvgIpc) is 3.35. The first-order valence-electron chi connectivity index (χ1n) is 25.4. The molecule has 0 saturated carbocycles. The van der Waals surface area contributed by atoms with Crippen molar-refractivity contribution in [1.82, 2.24) is 0 Å². The van der Waals surface area contributed by atoms with Gasteiger partial charge in [0.25, 0.3) is 0 Å². The summed E-state index contributed by atoms with van der Waals surface area (Å²) in [6.07, 6.45) is 6.54. The summed E-state index contributed by atoms with van der Waals surface area (Å²) >= 11 is 0. The van der Waals surface area contributed by atoms with E-state index >= 15 is 0 Å². The number of ether oxygens (including phenoxy) is 6. The molecule has 0 heterocycles. The number of Topliss-reactive ketones (excluding diaryl/α,β-unsaturated/α-hetero) is 3. The summed E-state index contributed by atoms with van der Waals surface area (Å²) in [4.78, 5) is 73.7. The molecule has 0 aliphatic carbocycles. The lowest BCUT2D eigenvalue weighted by Crippen LogP contribution is -2.43. The zero-order valence-electron chi connectivity index (χ0n) is 44.2. The first-order chi connectivity index (χ1) is 35.0. The third-order valence-electron chi connectivity index (χ3n) is 11.0. The lowest BCUT2D eigenvalue weighted by atomic mass is 9.97. The van der Waals surface area contributed by atoms with E-state index in [0.717, 1.165) is 0 Å². The van der Waals surface area contributed by atoms with Crippen molar-refractivity contribution < 1.29 is 85.8 Å². The van der Waals surface area contributed by atoms with Crippen LogP contribution in [0.4, 0.5) is 0 Å². The third-order valence-corrected chi connectivity index (χ3v) is 13.2. The Balaban J connectivity index is 1.33. The largest absolute Gasteiger partial charge is 0.497 e. The van der Waals surface area contributed by atoms with Gasteiger partial charge < -0.3 is 57.0 Å². The molecule has 0 atom stereocenters. The summed E-state index contributed by atoms with van der Waals surface area (Å²) in [5.41, 5.74) is -3.35. The average molecular weight is 1060 g/mol. The van der Waals surface area contributed by atoms with Gasteiger partial charge in [-0.2, -0.15) is 0 Å². The van der Waals surface area contributed by atoms with Crippen molar-refractivity contribution in [1.29, 1.82) is 0 Å². The highest BCUT2D eigenvalue weighted by molar-refractivity contribution is 6.59. The highest BCUT2D eigenvalue weighted by atomic mass is 28.4. The van der Waals surface area contributed by atoms with Gasteiger partial charge in [-0.15, -0.1) is 0 Å². The fourth-order valence-corrected chi connectivity index (χ4v) is 8.67. The van der Waals surface area contributed by atoms with Crippen molar-refractivity contribution in [3.63, 3.8) is 0 Å². The maximum atomic E-state index is 12.3. The molecule has 0 aliphatic heterocycles. The van der Waals surface area contributed by atoms with Crippen LogP contribution in [0.1, 0.15) is 150 Å². The smallest absolute Gasteiger partial charge is 0.490 e. The number of unbranched alkanes of at least 4 members (excludes halogenated alkanes) is 6. The molecule has 0 spiro atoms. The monoisotopic (exact) mass is 1050 g/mol. The second-order valence-corrected chi connectivity index (χ2v) is 21.9. The summed E-state index contributed by atoms with van der Waals surface area (Å²) in [7, 11) is -3.10. The highest BCUT2D eigenvalue weighted by Gasteiger charge is 2.35. The predicted octanol–water partition coefficient (Wildman–Crippen LogP) is 8.01. The van der Waals surface area contributed by atoms with Crippen LogP contribution in [-0.2, 0) is 41.9 Å². The molecule has 0 amide bonds. The minimum absolute atomic E-state index is 0.0637. The molecule has 3 rings (SSSR count). The van der Waals surface area contributed by atoms with E-state index in [1.807, 2.05) is 6.55 Å². The second-order valence-electron chi connectivity index (χ2n) is 19.3. The number of aliphatic hydroxyl groups is 3. The Morgan fingerprint density at radius 2 is 0.608 bits per heavy atom. The van der Waals surface area contributed by atoms with Crippen LogP contribution in [0.3, 0.4) is 0 Å². The number of esters is 3. The van der Waals surface area contributed by atoms with E-state index < -0.39 is 43.0 Å². The third kappa shape index (κ3) is 25.6. The summed E-state index contributed by atoms with van der Waals surface area (Å²) in [5, 5.41) is 29.8. The normalized spacial score (nSPS) is 11.9. The zero-order valence-corrected chi connectivity index (χ0v) is 45.2. The molecule has 0 radical (unpaired) electrons. The molecule has 0 unspecified atom stereocenters. The quantitative estimate of drug-likeness (QED) is 0.0161. The minimum atomic E-state index is -3.10. The van der Waals surface area contributed by atoms with E-state index in [4.69, 9.17) is 41.7 Å². The Labute approximate surface area is 436 Å². The van der Waals surface area contributed by atoms with Gasteiger partial charge in [0.15, 0.2) is 17.3 Å². The van der Waals surface area contributed by atoms with Crippen molar-refractivity contribution in [3.05, 3.63) is 89.5 Å². The summed E-state index contributed by atoms with van der Waals surface area (Å²) < 4.78 is 51.4. The lowest BCUT2D eigenvalue weighted by molar-refractivity contribution is -0.145. The van der Waals surface area contributed by atoms with Crippen LogP contribution in [0.2, 0.25) is 6.55 Å². The zero-order chi connectivity index (χ0) is 54.6. The van der Waals surface area contributed by atoms with Crippen molar-refractivity contribution in [3.8, 4) is 17.2 Å². The topological polar surface area (TPSA) is 246 Å². The molecule has 0 aromatic heterocycles. The molecule has 3 aromatic carbocycles. The van der Waals surface area contributed by atoms with Crippen molar-refractivity contribution in [2.75, 3.05) is 59.5 Å². The molecule has 74 heavy (non-hydrogen) atoms. The number of hydrogen-bond donors (Lipinski definition) is 3. The SMILES string of the molecule is CC(C)(O)C(=O)c1ccc(OCCOC(=O)CCCCCO[Si](C)(OCCCCCC(=O)OCCOc2ccc(C(=O)C(C)(C)O)cc2)OCCCCCC(=O)OCCOc2ccc(C(=O)C(C)(C)O)cc2)cc1. The number of rotatable bonds is 39. The number of benzene rings is 3. The molecule has 3 aromatic rings. The fraction of sp³-hybridized carbons (Fsp3) is 0.564. The number of carbonyl (C=O) groups is 6. The van der Waals surface area contributed by atoms with E-state index in [9.17, 15) is 44.1 Å². The van der Waals surface area contributed by atoms with E-state index in [0.29, 0.717) is 112 Å². The van der Waals surface area contributed by atoms with Crippen LogP contribution >= 0.6 is 0 Å². The minimum Gasteiger partial charge on any atom is -0.490 e. The molecule has 0 aliphatic rings. The molecule has 18 nitrogen and oxygen atoms in total. The first kappa shape index (κ1) is 62.8. The molecule has 0 bridgehead atoms. The van der Waals surface area contributed by atoms with E-state index in [1.165, 1.54) is 41.5 Å². The van der Waals surface area contributed by atoms with Gasteiger partial charge in [-0.1, -0.05) is 19.3 Å². The van der Waals surface area contributed by atoms with E-state index in [2.05, 4.69) is 0 Å². The van der Waals surface area contributed by atoms with Crippen LogP contribution < -0.4 is 14.2 Å². The number of hydrogen-bond acceptors (Lipinski definition) is 18. The standard InChI is InChI=1S/C55H78O18Si/c1-53(2,62)50(59)41-20-26-44(27-21-41)65-35-38-68-47(56)17-11-8-14-32-71-74(7,72-33-15-9-12-18-48(57)69-39-36-66-45-28-22-42(23-29-45)51(60)54(3,4)63)73-34-16-10-13-19-49(58)70-40-37-67-46-30-24-43(25-31-46)52(61)55(5,6)64/h20-31,62-64H,8-19,32-40H2,1-7H3. The Morgan fingerprint density at radius 1 is 0.365 bits per heavy atom. The van der Waals surface area contributed by atoms with Gasteiger partial charge in [0.05, 0.1) is 0 Å². The van der Waals surface area contributed by atoms with Crippen LogP contribution in [-0.4, -0.2) is 136 Å². The number of carbonyl (C=O) groups excluding carboxylic acids is 6. The summed E-state index contributed by atoms with van der Waals surface area (Å²) in [6, 6.07) is 19.1. The van der Waals surface area contributed by atoms with Crippen LogP contribution in [0.25, 0.3) is 0 Å². The maximum absolute atomic E-state index is 12.3. The van der Waals surface area contributed by atoms with Crippen molar-refractivity contribution in [2.45, 2.75) is 142 Å². The number of ketones is 3. The van der Waals surface area contributed by atoms with Gasteiger partial charge >= 0.3 is 26.7 Å². The Hall–Kier alpha value is -5.54. The van der Waals surface area contributed by atoms with Crippen LogP contribution in [0.5, 0.6) is 17.2 Å². The maximum Gasteiger partial charge on any atom is 0.497 e. The Kier molecular flexibility index (Phi) is 27.2. The molecule has 0 fully saturated rings. The Bertz CT molecular complexity index is 1930. The van der Waals surface area contributed by atoms with Crippen molar-refractivity contribution >= 4 is 44.1 Å². The molecule has 0 saturated heterocycles. The van der Waals surface area contributed by atoms with Gasteiger partial charge in [-0.25, -0.2) is 0 Å². The van der Waals surface area contributed by atoms with E-state index in [-0.39, 0.29) is 76.8 Å². The molecular weight excluding hydrogens is 977 g/mol. The second kappa shape index (κ2) is 32.0.